The van der Waals surface area contributed by atoms with Crippen molar-refractivity contribution in [2.75, 3.05) is 0 Å². The highest BCUT2D eigenvalue weighted by Gasteiger charge is 2.26. The topological polar surface area (TPSA) is 90.3 Å². The van der Waals surface area contributed by atoms with Crippen molar-refractivity contribution >= 4 is 11.9 Å². The second kappa shape index (κ2) is 9.60. The molecule has 1 N–H and O–H groups in total. The number of esters is 1. The van der Waals surface area contributed by atoms with E-state index < -0.39 is 12.1 Å². The summed E-state index contributed by atoms with van der Waals surface area (Å²) in [6.07, 6.45) is 1.84. The number of nitrogens with one attached hydrogen (secondary N) is 1. The van der Waals surface area contributed by atoms with E-state index in [1.807, 2.05) is 48.5 Å². The van der Waals surface area contributed by atoms with E-state index in [0.717, 1.165) is 30.4 Å². The third kappa shape index (κ3) is 4.94. The van der Waals surface area contributed by atoms with Crippen LogP contribution in [-0.2, 0) is 22.5 Å². The highest BCUT2D eigenvalue weighted by molar-refractivity contribution is 5.90. The molecular weight excluding hydrogens is 406 g/mol. The monoisotopic (exact) mass is 431 g/mol. The number of fused-ring (bicyclic) bond motifs is 1. The Balaban J connectivity index is 1.41. The first kappa shape index (κ1) is 21.5. The third-order valence-corrected chi connectivity index (χ3v) is 5.59. The van der Waals surface area contributed by atoms with E-state index in [9.17, 15) is 14.4 Å². The summed E-state index contributed by atoms with van der Waals surface area (Å²) in [7, 11) is 0. The van der Waals surface area contributed by atoms with Crippen LogP contribution in [-0.4, -0.2) is 27.8 Å². The predicted molar refractivity (Wildman–Crippen MR) is 119 cm³/mol. The van der Waals surface area contributed by atoms with Crippen LogP contribution in [0.3, 0.4) is 0 Å². The minimum absolute atomic E-state index is 0.0248. The fourth-order valence-corrected chi connectivity index (χ4v) is 3.89. The standard InChI is InChI=1S/C25H25N3O4/c1-17(24(30)26-21-13-7-11-19-10-5-6-12-20(19)21)32-25(31)22-14-15-23(29)28(27-22)16-18-8-3-2-4-9-18/h2-6,8-10,12,14-15,17,21H,7,11,13,16H2,1H3,(H,26,30)/t17-,21-/m0/s1. The van der Waals surface area contributed by atoms with Crippen LogP contribution in [0, 0.1) is 0 Å². The molecule has 7 nitrogen and oxygen atoms in total. The highest BCUT2D eigenvalue weighted by atomic mass is 16.5. The van der Waals surface area contributed by atoms with Gasteiger partial charge >= 0.3 is 5.97 Å². The second-order valence-corrected chi connectivity index (χ2v) is 7.90. The molecule has 0 fully saturated rings. The van der Waals surface area contributed by atoms with Crippen molar-refractivity contribution in [3.05, 3.63) is 99.5 Å². The lowest BCUT2D eigenvalue weighted by atomic mass is 9.87. The molecule has 0 bridgehead atoms. The van der Waals surface area contributed by atoms with Crippen LogP contribution in [0.25, 0.3) is 0 Å². The van der Waals surface area contributed by atoms with Gasteiger partial charge < -0.3 is 10.1 Å². The van der Waals surface area contributed by atoms with Crippen LogP contribution in [0.1, 0.15) is 53.0 Å². The number of nitrogens with zero attached hydrogens (tertiary/aromatic N) is 2. The summed E-state index contributed by atoms with van der Waals surface area (Å²) in [6.45, 7) is 1.76. The Labute approximate surface area is 186 Å². The molecule has 2 aromatic carbocycles. The van der Waals surface area contributed by atoms with Crippen LogP contribution in [0.4, 0.5) is 0 Å². The number of amides is 1. The minimum Gasteiger partial charge on any atom is -0.448 e. The average molecular weight is 431 g/mol. The Bertz CT molecular complexity index is 1170. The van der Waals surface area contributed by atoms with Crippen molar-refractivity contribution in [3.8, 4) is 0 Å². The maximum absolute atomic E-state index is 12.7. The van der Waals surface area contributed by atoms with Gasteiger partial charge in [-0.1, -0.05) is 54.6 Å². The van der Waals surface area contributed by atoms with Gasteiger partial charge in [0.05, 0.1) is 12.6 Å². The first-order chi connectivity index (χ1) is 15.5. The Morgan fingerprint density at radius 2 is 1.84 bits per heavy atom. The van der Waals surface area contributed by atoms with Gasteiger partial charge in [0.25, 0.3) is 11.5 Å². The average Bonchev–Trinajstić information content (AvgIpc) is 2.81. The first-order valence-corrected chi connectivity index (χ1v) is 10.7. The van der Waals surface area contributed by atoms with Gasteiger partial charge in [-0.25, -0.2) is 9.48 Å². The van der Waals surface area contributed by atoms with Crippen LogP contribution in [0.15, 0.2) is 71.5 Å². The van der Waals surface area contributed by atoms with Crippen molar-refractivity contribution in [1.82, 2.24) is 15.1 Å². The molecule has 4 rings (SSSR count). The largest absolute Gasteiger partial charge is 0.448 e. The molecule has 0 spiro atoms. The number of ether oxygens (including phenoxy) is 1. The number of benzene rings is 2. The number of aryl methyl sites for hydroxylation is 1. The van der Waals surface area contributed by atoms with Crippen LogP contribution >= 0.6 is 0 Å². The summed E-state index contributed by atoms with van der Waals surface area (Å²) in [6, 6.07) is 19.9. The van der Waals surface area contributed by atoms with E-state index in [-0.39, 0.29) is 29.7 Å². The number of hydrogen-bond acceptors (Lipinski definition) is 5. The summed E-state index contributed by atoms with van der Waals surface area (Å²) in [5.41, 5.74) is 2.88. The van der Waals surface area contributed by atoms with Gasteiger partial charge in [0.15, 0.2) is 11.8 Å². The minimum atomic E-state index is -0.993. The molecule has 0 saturated heterocycles. The summed E-state index contributed by atoms with van der Waals surface area (Å²) >= 11 is 0. The van der Waals surface area contributed by atoms with Crippen molar-refractivity contribution in [1.29, 1.82) is 0 Å². The quantitative estimate of drug-likeness (QED) is 0.606. The lowest BCUT2D eigenvalue weighted by Crippen LogP contribution is -2.39. The van der Waals surface area contributed by atoms with Gasteiger partial charge in [0, 0.05) is 6.07 Å². The first-order valence-electron chi connectivity index (χ1n) is 10.7. The normalized spacial score (nSPS) is 16.0. The number of hydrogen-bond donors (Lipinski definition) is 1. The van der Waals surface area contributed by atoms with E-state index in [0.29, 0.717) is 0 Å². The molecule has 0 unspecified atom stereocenters. The molecule has 7 heteroatoms. The zero-order valence-electron chi connectivity index (χ0n) is 17.9. The molecule has 1 aliphatic carbocycles. The van der Waals surface area contributed by atoms with E-state index >= 15 is 0 Å². The van der Waals surface area contributed by atoms with Crippen LogP contribution in [0.2, 0.25) is 0 Å². The fourth-order valence-electron chi connectivity index (χ4n) is 3.89. The van der Waals surface area contributed by atoms with E-state index in [4.69, 9.17) is 4.74 Å². The van der Waals surface area contributed by atoms with Gasteiger partial charge in [-0.2, -0.15) is 5.10 Å². The molecule has 1 amide bonds. The number of carbonyl (C=O) groups excluding carboxylic acids is 2. The fraction of sp³-hybridized carbons (Fsp3) is 0.280. The molecular formula is C25H25N3O4. The predicted octanol–water partition coefficient (Wildman–Crippen LogP) is 3.03. The molecule has 0 saturated carbocycles. The number of carbonyl (C=O) groups is 2. The van der Waals surface area contributed by atoms with Crippen molar-refractivity contribution < 1.29 is 14.3 Å². The Hall–Kier alpha value is -3.74. The van der Waals surface area contributed by atoms with Gasteiger partial charge in [-0.05, 0) is 48.9 Å². The Morgan fingerprint density at radius 1 is 1.09 bits per heavy atom. The van der Waals surface area contributed by atoms with Gasteiger partial charge in [0.2, 0.25) is 0 Å². The zero-order chi connectivity index (χ0) is 22.5. The lowest BCUT2D eigenvalue weighted by Gasteiger charge is -2.27. The maximum Gasteiger partial charge on any atom is 0.359 e. The SMILES string of the molecule is C[C@H](OC(=O)c1ccc(=O)n(Cc2ccccc2)n1)C(=O)N[C@H]1CCCc2ccccc21. The van der Waals surface area contributed by atoms with Gasteiger partial charge in [0.1, 0.15) is 0 Å². The third-order valence-electron chi connectivity index (χ3n) is 5.59. The van der Waals surface area contributed by atoms with E-state index in [2.05, 4.69) is 16.5 Å². The van der Waals surface area contributed by atoms with Gasteiger partial charge in [-0.3, -0.25) is 9.59 Å². The van der Waals surface area contributed by atoms with Crippen LogP contribution < -0.4 is 10.9 Å². The molecule has 1 aromatic heterocycles. The Morgan fingerprint density at radius 3 is 2.66 bits per heavy atom. The molecule has 164 valence electrons. The molecule has 0 aliphatic heterocycles. The summed E-state index contributed by atoms with van der Waals surface area (Å²) in [4.78, 5) is 37.4. The van der Waals surface area contributed by atoms with Crippen molar-refractivity contribution in [2.45, 2.75) is 44.9 Å². The molecule has 32 heavy (non-hydrogen) atoms. The zero-order valence-corrected chi connectivity index (χ0v) is 17.9. The summed E-state index contributed by atoms with van der Waals surface area (Å²) < 4.78 is 6.55. The summed E-state index contributed by atoms with van der Waals surface area (Å²) in [5.74, 6) is -1.11. The lowest BCUT2D eigenvalue weighted by molar-refractivity contribution is -0.130. The van der Waals surface area contributed by atoms with E-state index in [1.165, 1.54) is 29.3 Å². The van der Waals surface area contributed by atoms with E-state index in [1.54, 1.807) is 0 Å². The highest BCUT2D eigenvalue weighted by Crippen LogP contribution is 2.29. The molecule has 1 heterocycles. The van der Waals surface area contributed by atoms with Crippen molar-refractivity contribution in [3.63, 3.8) is 0 Å². The molecule has 2 atom stereocenters. The summed E-state index contributed by atoms with van der Waals surface area (Å²) in [5, 5.41) is 7.12. The van der Waals surface area contributed by atoms with Crippen LogP contribution in [0.5, 0.6) is 0 Å². The smallest absolute Gasteiger partial charge is 0.359 e. The molecule has 3 aromatic rings. The molecule has 1 aliphatic rings. The number of aromatic nitrogens is 2. The second-order valence-electron chi connectivity index (χ2n) is 7.90. The number of rotatable bonds is 6. The Kier molecular flexibility index (Phi) is 6.44. The molecule has 0 radical (unpaired) electrons. The maximum atomic E-state index is 12.7. The van der Waals surface area contributed by atoms with Crippen molar-refractivity contribution in [2.24, 2.45) is 0 Å². The van der Waals surface area contributed by atoms with Gasteiger partial charge in [-0.15, -0.1) is 0 Å².